The Kier molecular flexibility index (Phi) is 7.75. The average molecular weight is 364 g/mol. The highest BCUT2D eigenvalue weighted by Gasteiger charge is 2.05. The minimum Gasteiger partial charge on any atom is -0.504 e. The lowest BCUT2D eigenvalue weighted by molar-refractivity contribution is -0.140. The third-order valence-corrected chi connectivity index (χ3v) is 2.93. The van der Waals surface area contributed by atoms with Gasteiger partial charge in [-0.2, -0.15) is 0 Å². The Hall–Kier alpha value is -3.42. The number of hydrogen-bond donors (Lipinski definition) is 4. The number of carboxylic acids is 2. The summed E-state index contributed by atoms with van der Waals surface area (Å²) >= 11 is 0. The molecular weight excluding hydrogens is 344 g/mol. The van der Waals surface area contributed by atoms with E-state index < -0.39 is 25.2 Å². The lowest BCUT2D eigenvalue weighted by Gasteiger charge is -2.05. The van der Waals surface area contributed by atoms with Crippen LogP contribution in [0.5, 0.6) is 23.0 Å². The Morgan fingerprint density at radius 1 is 0.769 bits per heavy atom. The van der Waals surface area contributed by atoms with Crippen LogP contribution in [0.2, 0.25) is 0 Å². The van der Waals surface area contributed by atoms with Gasteiger partial charge >= 0.3 is 11.9 Å². The molecule has 0 unspecified atom stereocenters. The fourth-order valence-corrected chi connectivity index (χ4v) is 1.77. The number of aromatic hydroxyl groups is 2. The maximum atomic E-state index is 10.2. The molecule has 8 heteroatoms. The quantitative estimate of drug-likeness (QED) is 0.614. The maximum absolute atomic E-state index is 10.2. The molecule has 2 aromatic carbocycles. The smallest absolute Gasteiger partial charge is 0.341 e. The van der Waals surface area contributed by atoms with Crippen LogP contribution in [-0.4, -0.2) is 45.6 Å². The summed E-state index contributed by atoms with van der Waals surface area (Å²) in [6.45, 7) is 2.75. The summed E-state index contributed by atoms with van der Waals surface area (Å²) in [6, 6.07) is 9.54. The number of rotatable bonds is 6. The van der Waals surface area contributed by atoms with Crippen LogP contribution < -0.4 is 9.47 Å². The zero-order valence-electron chi connectivity index (χ0n) is 14.3. The van der Waals surface area contributed by atoms with E-state index in [9.17, 15) is 19.8 Å². The second kappa shape index (κ2) is 9.77. The Morgan fingerprint density at radius 3 is 1.81 bits per heavy atom. The lowest BCUT2D eigenvalue weighted by Crippen LogP contribution is -2.09. The molecule has 0 aliphatic heterocycles. The highest BCUT2D eigenvalue weighted by Crippen LogP contribution is 2.26. The minimum absolute atomic E-state index is 0.0405. The van der Waals surface area contributed by atoms with Crippen molar-refractivity contribution in [1.29, 1.82) is 0 Å². The van der Waals surface area contributed by atoms with Crippen molar-refractivity contribution in [3.63, 3.8) is 0 Å². The fourth-order valence-electron chi connectivity index (χ4n) is 1.77. The monoisotopic (exact) mass is 364 g/mol. The summed E-state index contributed by atoms with van der Waals surface area (Å²) in [7, 11) is 0. The molecule has 0 radical (unpaired) electrons. The van der Waals surface area contributed by atoms with Gasteiger partial charge in [-0.15, -0.1) is 0 Å². The first-order valence-corrected chi connectivity index (χ1v) is 7.47. The molecule has 0 aliphatic carbocycles. The Morgan fingerprint density at radius 2 is 1.27 bits per heavy atom. The largest absolute Gasteiger partial charge is 0.504 e. The van der Waals surface area contributed by atoms with Gasteiger partial charge in [0.2, 0.25) is 0 Å². The summed E-state index contributed by atoms with van der Waals surface area (Å²) < 4.78 is 9.63. The second-order valence-corrected chi connectivity index (χ2v) is 5.31. The van der Waals surface area contributed by atoms with Crippen LogP contribution in [-0.2, 0) is 9.59 Å². The van der Waals surface area contributed by atoms with Crippen molar-refractivity contribution in [2.75, 3.05) is 13.2 Å². The van der Waals surface area contributed by atoms with E-state index in [2.05, 4.69) is 0 Å². The summed E-state index contributed by atoms with van der Waals surface area (Å²) in [5.41, 5.74) is 1.79. The van der Waals surface area contributed by atoms with Crippen LogP contribution in [0.15, 0.2) is 36.4 Å². The topological polar surface area (TPSA) is 134 Å². The molecule has 140 valence electrons. The number of benzene rings is 2. The average Bonchev–Trinajstić information content (AvgIpc) is 2.55. The van der Waals surface area contributed by atoms with Gasteiger partial charge in [0.1, 0.15) is 0 Å². The Labute approximate surface area is 149 Å². The number of aryl methyl sites for hydroxylation is 2. The van der Waals surface area contributed by atoms with Crippen molar-refractivity contribution in [3.05, 3.63) is 47.5 Å². The van der Waals surface area contributed by atoms with Gasteiger partial charge in [0.15, 0.2) is 36.2 Å². The number of hydrogen-bond acceptors (Lipinski definition) is 6. The zero-order valence-corrected chi connectivity index (χ0v) is 14.3. The molecule has 0 saturated carbocycles. The summed E-state index contributed by atoms with van der Waals surface area (Å²) in [6.07, 6.45) is 0. The van der Waals surface area contributed by atoms with Gasteiger partial charge in [0.05, 0.1) is 0 Å². The van der Waals surface area contributed by atoms with Gasteiger partial charge < -0.3 is 29.9 Å². The molecule has 2 aromatic rings. The molecule has 0 amide bonds. The summed E-state index contributed by atoms with van der Waals surface area (Å²) in [5, 5.41) is 35.2. The molecule has 2 rings (SSSR count). The first-order valence-electron chi connectivity index (χ1n) is 7.47. The maximum Gasteiger partial charge on any atom is 0.341 e. The number of phenols is 2. The predicted octanol–water partition coefficient (Wildman–Crippen LogP) is 2.33. The van der Waals surface area contributed by atoms with E-state index in [4.69, 9.17) is 19.7 Å². The van der Waals surface area contributed by atoms with Crippen LogP contribution in [0.3, 0.4) is 0 Å². The van der Waals surface area contributed by atoms with E-state index in [1.54, 1.807) is 18.2 Å². The van der Waals surface area contributed by atoms with Gasteiger partial charge in [-0.25, -0.2) is 9.59 Å². The minimum atomic E-state index is -1.07. The van der Waals surface area contributed by atoms with E-state index in [-0.39, 0.29) is 23.0 Å². The zero-order chi connectivity index (χ0) is 19.7. The number of aliphatic carboxylic acids is 2. The van der Waals surface area contributed by atoms with Crippen molar-refractivity contribution in [2.24, 2.45) is 0 Å². The van der Waals surface area contributed by atoms with Crippen LogP contribution in [0.25, 0.3) is 0 Å². The number of phenolic OH excluding ortho intramolecular Hbond substituents is 2. The van der Waals surface area contributed by atoms with E-state index in [0.717, 1.165) is 11.1 Å². The van der Waals surface area contributed by atoms with Gasteiger partial charge in [-0.3, -0.25) is 0 Å². The first kappa shape index (κ1) is 20.6. The molecule has 0 aliphatic rings. The molecule has 0 heterocycles. The molecule has 26 heavy (non-hydrogen) atoms. The first-order chi connectivity index (χ1) is 12.2. The number of carbonyl (C=O) groups is 2. The molecule has 4 N–H and O–H groups in total. The van der Waals surface area contributed by atoms with Crippen LogP contribution in [0, 0.1) is 13.8 Å². The van der Waals surface area contributed by atoms with Crippen LogP contribution in [0.1, 0.15) is 11.1 Å². The Bertz CT molecular complexity index is 770. The summed E-state index contributed by atoms with van der Waals surface area (Å²) in [4.78, 5) is 20.3. The normalized spacial score (nSPS) is 9.62. The predicted molar refractivity (Wildman–Crippen MR) is 91.9 cm³/mol. The van der Waals surface area contributed by atoms with Crippen molar-refractivity contribution in [2.45, 2.75) is 13.8 Å². The second-order valence-electron chi connectivity index (χ2n) is 5.31. The number of ether oxygens (including phenoxy) is 2. The van der Waals surface area contributed by atoms with Gasteiger partial charge in [-0.05, 0) is 49.2 Å². The summed E-state index contributed by atoms with van der Waals surface area (Å²) in [5.74, 6) is -1.84. The molecular formula is C18H20O8. The fraction of sp³-hybridized carbons (Fsp3) is 0.222. The van der Waals surface area contributed by atoms with E-state index in [0.29, 0.717) is 0 Å². The van der Waals surface area contributed by atoms with Gasteiger partial charge in [0.25, 0.3) is 0 Å². The van der Waals surface area contributed by atoms with Crippen molar-refractivity contribution in [1.82, 2.24) is 0 Å². The third kappa shape index (κ3) is 7.43. The van der Waals surface area contributed by atoms with Crippen LogP contribution in [0.4, 0.5) is 0 Å². The van der Waals surface area contributed by atoms with E-state index >= 15 is 0 Å². The van der Waals surface area contributed by atoms with Gasteiger partial charge in [0, 0.05) is 0 Å². The molecule has 0 bridgehead atoms. The van der Waals surface area contributed by atoms with E-state index in [1.807, 2.05) is 13.8 Å². The van der Waals surface area contributed by atoms with Gasteiger partial charge in [-0.1, -0.05) is 12.1 Å². The van der Waals surface area contributed by atoms with Crippen molar-refractivity contribution in [3.8, 4) is 23.0 Å². The highest BCUT2D eigenvalue weighted by atomic mass is 16.5. The molecule has 0 aromatic heterocycles. The highest BCUT2D eigenvalue weighted by molar-refractivity contribution is 5.69. The standard InChI is InChI=1S/2C9H10O4/c1-6-2-3-8(7(10)4-6)13-5-9(11)12;1-6-2-3-7(10)8(4-6)13-5-9(11)12/h2*2-4,10H,5H2,1H3,(H,11,12). The third-order valence-electron chi connectivity index (χ3n) is 2.93. The molecule has 8 nitrogen and oxygen atoms in total. The molecule has 0 saturated heterocycles. The van der Waals surface area contributed by atoms with Crippen molar-refractivity contribution >= 4 is 11.9 Å². The van der Waals surface area contributed by atoms with Crippen LogP contribution >= 0.6 is 0 Å². The lowest BCUT2D eigenvalue weighted by atomic mass is 10.2. The van der Waals surface area contributed by atoms with Crippen molar-refractivity contribution < 1.29 is 39.5 Å². The SMILES string of the molecule is Cc1ccc(O)c(OCC(=O)O)c1.Cc1ccc(OCC(=O)O)c(O)c1. The molecule has 0 fully saturated rings. The molecule has 0 spiro atoms. The molecule has 0 atom stereocenters. The number of carboxylic acid groups (broad SMARTS) is 2. The van der Waals surface area contributed by atoms with E-state index in [1.165, 1.54) is 18.2 Å². The Balaban J connectivity index is 0.000000260.